The number of hydrogen-bond acceptors (Lipinski definition) is 2. The van der Waals surface area contributed by atoms with Crippen LogP contribution in [0.3, 0.4) is 0 Å². The van der Waals surface area contributed by atoms with Gasteiger partial charge in [0, 0.05) is 30.4 Å². The summed E-state index contributed by atoms with van der Waals surface area (Å²) in [4.78, 5) is 14.5. The van der Waals surface area contributed by atoms with Crippen molar-refractivity contribution in [2.45, 2.75) is 38.5 Å². The van der Waals surface area contributed by atoms with Crippen molar-refractivity contribution in [2.75, 3.05) is 11.9 Å². The van der Waals surface area contributed by atoms with Crippen molar-refractivity contribution in [3.63, 3.8) is 0 Å². The topological polar surface area (TPSA) is 54.1 Å². The van der Waals surface area contributed by atoms with E-state index in [1.54, 1.807) is 0 Å². The Morgan fingerprint density at radius 3 is 2.69 bits per heavy atom. The van der Waals surface area contributed by atoms with Crippen LogP contribution in [0.2, 0.25) is 0 Å². The minimum atomic E-state index is -0.0648. The number of anilines is 1. The second-order valence-corrected chi connectivity index (χ2v) is 7.06. The Bertz CT molecular complexity index is 908. The Morgan fingerprint density at radius 2 is 2.00 bits per heavy atom. The number of fused-ring (bicyclic) bond motifs is 1. The van der Waals surface area contributed by atoms with Crippen LogP contribution in [0.15, 0.2) is 48.7 Å². The van der Waals surface area contributed by atoms with E-state index in [9.17, 15) is 4.79 Å². The van der Waals surface area contributed by atoms with Crippen molar-refractivity contribution in [2.24, 2.45) is 0 Å². The zero-order valence-electron chi connectivity index (χ0n) is 15.0. The number of rotatable bonds is 6. The highest BCUT2D eigenvalue weighted by atomic mass is 16.5. The molecule has 0 atom stereocenters. The van der Waals surface area contributed by atoms with Gasteiger partial charge in [-0.15, -0.1) is 0 Å². The van der Waals surface area contributed by atoms with Crippen molar-refractivity contribution in [1.29, 1.82) is 0 Å². The summed E-state index contributed by atoms with van der Waals surface area (Å²) < 4.78 is 5.91. The maximum absolute atomic E-state index is 11.3. The monoisotopic (exact) mass is 348 g/mol. The van der Waals surface area contributed by atoms with E-state index in [0.29, 0.717) is 6.61 Å². The summed E-state index contributed by atoms with van der Waals surface area (Å²) in [6.07, 6.45) is 6.66. The van der Waals surface area contributed by atoms with E-state index in [0.717, 1.165) is 34.7 Å². The van der Waals surface area contributed by atoms with Crippen LogP contribution in [0.5, 0.6) is 5.75 Å². The average Bonchev–Trinajstić information content (AvgIpc) is 2.97. The largest absolute Gasteiger partial charge is 0.493 e. The minimum Gasteiger partial charge on any atom is -0.493 e. The van der Waals surface area contributed by atoms with Gasteiger partial charge in [-0.2, -0.15) is 0 Å². The Kier molecular flexibility index (Phi) is 4.65. The van der Waals surface area contributed by atoms with Gasteiger partial charge in [-0.05, 0) is 54.2 Å². The summed E-state index contributed by atoms with van der Waals surface area (Å²) in [5.74, 6) is 1.62. The van der Waals surface area contributed by atoms with Gasteiger partial charge in [0.15, 0.2) is 0 Å². The summed E-state index contributed by atoms with van der Waals surface area (Å²) in [5.41, 5.74) is 4.47. The molecular weight excluding hydrogens is 324 g/mol. The Labute approximate surface area is 153 Å². The molecule has 0 spiro atoms. The number of aromatic nitrogens is 1. The number of hydrogen-bond donors (Lipinski definition) is 2. The summed E-state index contributed by atoms with van der Waals surface area (Å²) in [6, 6.07) is 14.8. The van der Waals surface area contributed by atoms with Crippen molar-refractivity contribution in [1.82, 2.24) is 4.98 Å². The van der Waals surface area contributed by atoms with Crippen LogP contribution < -0.4 is 10.1 Å². The number of aromatic amines is 1. The maximum atomic E-state index is 11.3. The first kappa shape index (κ1) is 16.7. The Morgan fingerprint density at radius 1 is 1.19 bits per heavy atom. The van der Waals surface area contributed by atoms with Crippen LogP contribution in [0, 0.1) is 0 Å². The maximum Gasteiger partial charge on any atom is 0.221 e. The smallest absolute Gasteiger partial charge is 0.221 e. The highest BCUT2D eigenvalue weighted by molar-refractivity contribution is 6.01. The molecule has 4 rings (SSSR count). The first-order valence-corrected chi connectivity index (χ1v) is 9.29. The van der Waals surface area contributed by atoms with Gasteiger partial charge in [0.1, 0.15) is 5.75 Å². The van der Waals surface area contributed by atoms with E-state index in [4.69, 9.17) is 4.74 Å². The van der Waals surface area contributed by atoms with Gasteiger partial charge in [-0.25, -0.2) is 0 Å². The molecule has 26 heavy (non-hydrogen) atoms. The predicted molar refractivity (Wildman–Crippen MR) is 105 cm³/mol. The molecular formula is C22H24N2O2. The lowest BCUT2D eigenvalue weighted by Gasteiger charge is -2.25. The highest BCUT2D eigenvalue weighted by Crippen LogP contribution is 2.36. The third-order valence-corrected chi connectivity index (χ3v) is 5.17. The molecule has 1 amide bonds. The number of carbonyl (C=O) groups excluding carboxylic acids is 1. The molecule has 0 unspecified atom stereocenters. The van der Waals surface area contributed by atoms with E-state index in [-0.39, 0.29) is 5.91 Å². The molecule has 1 heterocycles. The number of nitrogens with one attached hydrogen (secondary N) is 2. The second kappa shape index (κ2) is 7.24. The molecule has 0 bridgehead atoms. The fraction of sp³-hybridized carbons (Fsp3) is 0.318. The predicted octanol–water partition coefficient (Wildman–Crippen LogP) is 5.02. The SMILES string of the molecule is CC(=O)Nc1c[nH]c2ccc(CCOc3ccc(C4CCC4)cc3)cc12. The molecule has 3 aromatic rings. The Hall–Kier alpha value is -2.75. The molecule has 1 fully saturated rings. The van der Waals surface area contributed by atoms with Crippen molar-refractivity contribution >= 4 is 22.5 Å². The van der Waals surface area contributed by atoms with E-state index in [1.165, 1.54) is 37.3 Å². The summed E-state index contributed by atoms with van der Waals surface area (Å²) in [6.45, 7) is 2.15. The zero-order chi connectivity index (χ0) is 17.9. The molecule has 1 aromatic heterocycles. The van der Waals surface area contributed by atoms with Crippen molar-refractivity contribution in [3.05, 3.63) is 59.8 Å². The van der Waals surface area contributed by atoms with Gasteiger partial charge in [0.2, 0.25) is 5.91 Å². The van der Waals surface area contributed by atoms with Gasteiger partial charge in [0.25, 0.3) is 0 Å². The zero-order valence-corrected chi connectivity index (χ0v) is 15.0. The molecule has 1 aliphatic carbocycles. The van der Waals surface area contributed by atoms with Gasteiger partial charge >= 0.3 is 0 Å². The summed E-state index contributed by atoms with van der Waals surface area (Å²) in [7, 11) is 0. The van der Waals surface area contributed by atoms with Crippen molar-refractivity contribution < 1.29 is 9.53 Å². The lowest BCUT2D eigenvalue weighted by atomic mass is 9.80. The number of ether oxygens (including phenoxy) is 1. The Balaban J connectivity index is 1.37. The van der Waals surface area contributed by atoms with Crippen LogP contribution >= 0.6 is 0 Å². The number of benzene rings is 2. The molecule has 0 saturated heterocycles. The average molecular weight is 348 g/mol. The lowest BCUT2D eigenvalue weighted by molar-refractivity contribution is -0.114. The van der Waals surface area contributed by atoms with Gasteiger partial charge in [-0.3, -0.25) is 4.79 Å². The van der Waals surface area contributed by atoms with Crippen LogP contribution in [-0.4, -0.2) is 17.5 Å². The van der Waals surface area contributed by atoms with Crippen LogP contribution in [0.25, 0.3) is 10.9 Å². The molecule has 4 nitrogen and oxygen atoms in total. The third-order valence-electron chi connectivity index (χ3n) is 5.17. The van der Waals surface area contributed by atoms with Gasteiger partial charge in [0.05, 0.1) is 12.3 Å². The second-order valence-electron chi connectivity index (χ2n) is 7.06. The van der Waals surface area contributed by atoms with Crippen LogP contribution in [0.1, 0.15) is 43.2 Å². The molecule has 4 heteroatoms. The molecule has 1 saturated carbocycles. The molecule has 0 radical (unpaired) electrons. The van der Waals surface area contributed by atoms with Crippen LogP contribution in [-0.2, 0) is 11.2 Å². The fourth-order valence-electron chi connectivity index (χ4n) is 3.48. The highest BCUT2D eigenvalue weighted by Gasteiger charge is 2.18. The number of H-pyrrole nitrogens is 1. The quantitative estimate of drug-likeness (QED) is 0.657. The molecule has 1 aliphatic rings. The third kappa shape index (κ3) is 3.59. The number of carbonyl (C=O) groups is 1. The first-order chi connectivity index (χ1) is 12.7. The van der Waals surface area contributed by atoms with E-state index < -0.39 is 0 Å². The molecule has 2 aromatic carbocycles. The van der Waals surface area contributed by atoms with Crippen molar-refractivity contribution in [3.8, 4) is 5.75 Å². The van der Waals surface area contributed by atoms with Crippen LogP contribution in [0.4, 0.5) is 5.69 Å². The summed E-state index contributed by atoms with van der Waals surface area (Å²) in [5, 5.41) is 3.89. The first-order valence-electron chi connectivity index (χ1n) is 9.29. The molecule has 134 valence electrons. The lowest BCUT2D eigenvalue weighted by Crippen LogP contribution is -2.08. The van der Waals surface area contributed by atoms with E-state index >= 15 is 0 Å². The summed E-state index contributed by atoms with van der Waals surface area (Å²) >= 11 is 0. The molecule has 0 aliphatic heterocycles. The molecule has 2 N–H and O–H groups in total. The standard InChI is InChI=1S/C22H24N2O2/c1-15(25)24-22-14-23-21-10-5-16(13-20(21)22)11-12-26-19-8-6-18(7-9-19)17-3-2-4-17/h5-10,13-14,17,23H,2-4,11-12H2,1H3,(H,24,25). The van der Waals surface area contributed by atoms with E-state index in [1.807, 2.05) is 12.3 Å². The fourth-order valence-corrected chi connectivity index (χ4v) is 3.48. The van der Waals surface area contributed by atoms with Gasteiger partial charge in [-0.1, -0.05) is 24.6 Å². The normalized spacial score (nSPS) is 14.2. The van der Waals surface area contributed by atoms with E-state index in [2.05, 4.69) is 46.7 Å². The minimum absolute atomic E-state index is 0.0648. The van der Waals surface area contributed by atoms with Gasteiger partial charge < -0.3 is 15.0 Å². The number of amides is 1.